The van der Waals surface area contributed by atoms with Crippen molar-refractivity contribution >= 4 is 46.1 Å². The first-order valence-electron chi connectivity index (χ1n) is 9.71. The van der Waals surface area contributed by atoms with Gasteiger partial charge >= 0.3 is 0 Å². The molecular formula is C20H21ClN6OS. The van der Waals surface area contributed by atoms with Gasteiger partial charge in [-0.25, -0.2) is 9.97 Å². The van der Waals surface area contributed by atoms with E-state index in [9.17, 15) is 4.79 Å². The predicted octanol–water partition coefficient (Wildman–Crippen LogP) is 3.11. The van der Waals surface area contributed by atoms with Gasteiger partial charge in [0.2, 0.25) is 0 Å². The maximum Gasteiger partial charge on any atom is 0.251 e. The van der Waals surface area contributed by atoms with Gasteiger partial charge in [0.25, 0.3) is 5.91 Å². The Labute approximate surface area is 177 Å². The van der Waals surface area contributed by atoms with E-state index in [0.717, 1.165) is 64.5 Å². The monoisotopic (exact) mass is 428 g/mol. The standard InChI is InChI=1S/C20H21ClN6OS/c1-2-14-16(21)15-17(24-14)25-20(26-18(15)27-6-5-11(22)9-27)29-12-4-3-10-8-23-19(28)13(10)7-12/h3-4,7,11H,2,5-6,8-9,22H2,1H3,(H,23,28)(H,24,25,26)/t11-/m0/s1. The Morgan fingerprint density at radius 1 is 1.38 bits per heavy atom. The van der Waals surface area contributed by atoms with Crippen LogP contribution in [0.3, 0.4) is 0 Å². The van der Waals surface area contributed by atoms with Gasteiger partial charge in [0.1, 0.15) is 11.5 Å². The molecule has 0 aliphatic carbocycles. The number of hydrogen-bond acceptors (Lipinski definition) is 6. The van der Waals surface area contributed by atoms with Crippen molar-refractivity contribution in [3.05, 3.63) is 40.0 Å². The fraction of sp³-hybridized carbons (Fsp3) is 0.350. The van der Waals surface area contributed by atoms with Crippen LogP contribution in [0.15, 0.2) is 28.3 Å². The Kier molecular flexibility index (Phi) is 4.64. The van der Waals surface area contributed by atoms with E-state index in [1.807, 2.05) is 18.2 Å². The van der Waals surface area contributed by atoms with Crippen molar-refractivity contribution in [2.45, 2.75) is 42.4 Å². The van der Waals surface area contributed by atoms with Gasteiger partial charge in [0.05, 0.1) is 10.4 Å². The van der Waals surface area contributed by atoms with Crippen molar-refractivity contribution in [2.75, 3.05) is 18.0 Å². The van der Waals surface area contributed by atoms with Gasteiger partial charge in [0, 0.05) is 41.8 Å². The van der Waals surface area contributed by atoms with Gasteiger partial charge in [-0.05, 0) is 42.3 Å². The summed E-state index contributed by atoms with van der Waals surface area (Å²) in [5.41, 5.74) is 9.56. The molecule has 4 N–H and O–H groups in total. The van der Waals surface area contributed by atoms with E-state index in [-0.39, 0.29) is 11.9 Å². The molecule has 1 aromatic carbocycles. The number of aryl methyl sites for hydroxylation is 1. The highest BCUT2D eigenvalue weighted by molar-refractivity contribution is 7.99. The van der Waals surface area contributed by atoms with Crippen molar-refractivity contribution < 1.29 is 4.79 Å². The largest absolute Gasteiger partial charge is 0.354 e. The Morgan fingerprint density at radius 3 is 3.00 bits per heavy atom. The van der Waals surface area contributed by atoms with E-state index in [1.54, 1.807) is 0 Å². The zero-order valence-electron chi connectivity index (χ0n) is 16.0. The second kappa shape index (κ2) is 7.19. The van der Waals surface area contributed by atoms with Crippen LogP contribution in [-0.4, -0.2) is 40.0 Å². The number of rotatable bonds is 4. The molecule has 4 heterocycles. The Hall–Kier alpha value is -2.29. The summed E-state index contributed by atoms with van der Waals surface area (Å²) in [5.74, 6) is 0.791. The van der Waals surface area contributed by atoms with Crippen LogP contribution >= 0.6 is 23.4 Å². The van der Waals surface area contributed by atoms with Crippen molar-refractivity contribution in [1.29, 1.82) is 0 Å². The molecule has 29 heavy (non-hydrogen) atoms. The lowest BCUT2D eigenvalue weighted by Crippen LogP contribution is -2.27. The van der Waals surface area contributed by atoms with Gasteiger partial charge in [0.15, 0.2) is 5.16 Å². The minimum atomic E-state index is -0.0331. The number of nitrogens with one attached hydrogen (secondary N) is 2. The summed E-state index contributed by atoms with van der Waals surface area (Å²) in [6, 6.07) is 6.02. The number of amides is 1. The third-order valence-corrected chi connectivity index (χ3v) is 6.75. The highest BCUT2D eigenvalue weighted by Gasteiger charge is 2.26. The average molecular weight is 429 g/mol. The smallest absolute Gasteiger partial charge is 0.251 e. The minimum Gasteiger partial charge on any atom is -0.354 e. The summed E-state index contributed by atoms with van der Waals surface area (Å²) in [4.78, 5) is 28.0. The summed E-state index contributed by atoms with van der Waals surface area (Å²) in [7, 11) is 0. The summed E-state index contributed by atoms with van der Waals surface area (Å²) in [6.07, 6.45) is 1.72. The van der Waals surface area contributed by atoms with Crippen molar-refractivity contribution in [1.82, 2.24) is 20.3 Å². The van der Waals surface area contributed by atoms with Crippen LogP contribution in [0.25, 0.3) is 11.0 Å². The first kappa shape index (κ1) is 18.7. The molecule has 7 nitrogen and oxygen atoms in total. The lowest BCUT2D eigenvalue weighted by atomic mass is 10.1. The molecule has 1 amide bonds. The van der Waals surface area contributed by atoms with E-state index in [0.29, 0.717) is 16.7 Å². The molecule has 5 rings (SSSR count). The molecule has 1 saturated heterocycles. The van der Waals surface area contributed by atoms with Crippen molar-refractivity contribution in [2.24, 2.45) is 5.73 Å². The number of halogens is 1. The molecule has 150 valence electrons. The van der Waals surface area contributed by atoms with Crippen LogP contribution in [0.1, 0.15) is 35.0 Å². The number of hydrogen-bond donors (Lipinski definition) is 3. The fourth-order valence-electron chi connectivity index (χ4n) is 3.93. The second-order valence-corrected chi connectivity index (χ2v) is 8.84. The van der Waals surface area contributed by atoms with Crippen LogP contribution in [0.4, 0.5) is 5.82 Å². The number of H-pyrrole nitrogens is 1. The molecule has 0 radical (unpaired) electrons. The molecule has 2 aliphatic rings. The molecule has 2 aromatic heterocycles. The molecular weight excluding hydrogens is 408 g/mol. The zero-order chi connectivity index (χ0) is 20.1. The Balaban J connectivity index is 1.58. The lowest BCUT2D eigenvalue weighted by molar-refractivity contribution is 0.0965. The maximum atomic E-state index is 12.0. The molecule has 2 aliphatic heterocycles. The third-order valence-electron chi connectivity index (χ3n) is 5.48. The first-order valence-corrected chi connectivity index (χ1v) is 10.9. The van der Waals surface area contributed by atoms with Crippen LogP contribution in [0.5, 0.6) is 0 Å². The Morgan fingerprint density at radius 2 is 2.24 bits per heavy atom. The first-order chi connectivity index (χ1) is 14.0. The second-order valence-electron chi connectivity index (χ2n) is 7.42. The maximum absolute atomic E-state index is 12.0. The molecule has 3 aromatic rings. The molecule has 0 spiro atoms. The molecule has 0 saturated carbocycles. The van der Waals surface area contributed by atoms with Crippen molar-refractivity contribution in [3.8, 4) is 0 Å². The normalized spacial score (nSPS) is 18.5. The Bertz CT molecular complexity index is 1130. The van der Waals surface area contributed by atoms with Gasteiger partial charge in [-0.1, -0.05) is 24.6 Å². The molecule has 9 heteroatoms. The molecule has 0 bridgehead atoms. The highest BCUT2D eigenvalue weighted by atomic mass is 35.5. The number of anilines is 1. The van der Waals surface area contributed by atoms with Gasteiger partial charge < -0.3 is 20.9 Å². The van der Waals surface area contributed by atoms with Crippen LogP contribution < -0.4 is 16.0 Å². The average Bonchev–Trinajstić information content (AvgIpc) is 3.39. The fourth-order valence-corrected chi connectivity index (χ4v) is 5.08. The van der Waals surface area contributed by atoms with E-state index >= 15 is 0 Å². The van der Waals surface area contributed by atoms with Crippen molar-refractivity contribution in [3.63, 3.8) is 0 Å². The molecule has 1 atom stereocenters. The quantitative estimate of drug-likeness (QED) is 0.552. The minimum absolute atomic E-state index is 0.0331. The molecule has 0 unspecified atom stereocenters. The van der Waals surface area contributed by atoms with E-state index in [4.69, 9.17) is 27.3 Å². The third kappa shape index (κ3) is 3.25. The van der Waals surface area contributed by atoms with Crippen LogP contribution in [0.2, 0.25) is 5.02 Å². The number of benzene rings is 1. The van der Waals surface area contributed by atoms with Gasteiger partial charge in [-0.3, -0.25) is 4.79 Å². The van der Waals surface area contributed by atoms with Gasteiger partial charge in [-0.2, -0.15) is 0 Å². The van der Waals surface area contributed by atoms with Crippen LogP contribution in [-0.2, 0) is 13.0 Å². The van der Waals surface area contributed by atoms with E-state index in [1.165, 1.54) is 11.8 Å². The van der Waals surface area contributed by atoms with E-state index < -0.39 is 0 Å². The summed E-state index contributed by atoms with van der Waals surface area (Å²) >= 11 is 8.09. The highest BCUT2D eigenvalue weighted by Crippen LogP contribution is 2.38. The van der Waals surface area contributed by atoms with Crippen LogP contribution in [0, 0.1) is 0 Å². The lowest BCUT2D eigenvalue weighted by Gasteiger charge is -2.18. The number of nitrogens with two attached hydrogens (primary N) is 1. The van der Waals surface area contributed by atoms with E-state index in [2.05, 4.69) is 22.1 Å². The number of nitrogens with zero attached hydrogens (tertiary/aromatic N) is 3. The summed E-state index contributed by atoms with van der Waals surface area (Å²) in [5, 5.41) is 5.01. The number of fused-ring (bicyclic) bond motifs is 2. The summed E-state index contributed by atoms with van der Waals surface area (Å²) in [6.45, 7) is 4.24. The SMILES string of the molecule is CCc1[nH]c2nc(Sc3ccc4c(c3)C(=O)NC4)nc(N3CC[C@H](N)C3)c2c1Cl. The van der Waals surface area contributed by atoms with Gasteiger partial charge in [-0.15, -0.1) is 0 Å². The molecule has 1 fully saturated rings. The topological polar surface area (TPSA) is 99.9 Å². The summed E-state index contributed by atoms with van der Waals surface area (Å²) < 4.78 is 0. The number of carbonyl (C=O) groups excluding carboxylic acids is 1. The predicted molar refractivity (Wildman–Crippen MR) is 115 cm³/mol. The number of carbonyl (C=O) groups is 1. The number of aromatic nitrogens is 3. The zero-order valence-corrected chi connectivity index (χ0v) is 17.5. The number of aromatic amines is 1.